The largest absolute Gasteiger partial charge is 0.435 e. The molecule has 0 fully saturated rings. The maximum absolute atomic E-state index is 6.59. The second-order valence-corrected chi connectivity index (χ2v) is 8.93. The molecule has 0 spiro atoms. The number of hydrogen-bond donors (Lipinski definition) is 0. The Morgan fingerprint density at radius 1 is 0.706 bits per heavy atom. The molecule has 0 amide bonds. The van der Waals surface area contributed by atoms with Crippen molar-refractivity contribution in [2.75, 3.05) is 0 Å². The van der Waals surface area contributed by atoms with Crippen LogP contribution >= 0.6 is 0 Å². The first-order chi connectivity index (χ1) is 16.5. The van der Waals surface area contributed by atoms with Gasteiger partial charge in [0, 0.05) is 5.56 Å². The summed E-state index contributed by atoms with van der Waals surface area (Å²) in [6.07, 6.45) is 0. The lowest BCUT2D eigenvalue weighted by atomic mass is 10.0. The van der Waals surface area contributed by atoms with Crippen LogP contribution in [0.3, 0.4) is 0 Å². The minimum Gasteiger partial charge on any atom is -0.435 e. The molecule has 0 aliphatic rings. The number of imidazole rings is 1. The molecule has 0 saturated heterocycles. The van der Waals surface area contributed by atoms with Gasteiger partial charge in [-0.3, -0.25) is 0 Å². The predicted molar refractivity (Wildman–Crippen MR) is 137 cm³/mol. The van der Waals surface area contributed by atoms with Crippen molar-refractivity contribution >= 4 is 22.1 Å². The van der Waals surface area contributed by atoms with Gasteiger partial charge in [-0.25, -0.2) is 9.55 Å². The van der Waals surface area contributed by atoms with Crippen molar-refractivity contribution in [3.63, 3.8) is 0 Å². The molecule has 6 rings (SSSR count). The van der Waals surface area contributed by atoms with Crippen molar-refractivity contribution in [1.82, 2.24) is 9.55 Å². The number of aromatic nitrogens is 3. The van der Waals surface area contributed by atoms with Gasteiger partial charge in [0.25, 0.3) is 5.82 Å². The van der Waals surface area contributed by atoms with Crippen LogP contribution in [0.2, 0.25) is 0 Å². The van der Waals surface area contributed by atoms with Crippen LogP contribution in [0.15, 0.2) is 89.3 Å². The van der Waals surface area contributed by atoms with Crippen LogP contribution in [0.1, 0.15) is 16.7 Å². The number of para-hydroxylation sites is 3. The molecule has 0 bridgehead atoms. The van der Waals surface area contributed by atoms with Gasteiger partial charge in [0.2, 0.25) is 5.89 Å². The fourth-order valence-electron chi connectivity index (χ4n) is 5.06. The van der Waals surface area contributed by atoms with E-state index in [4.69, 9.17) is 9.40 Å². The third kappa shape index (κ3) is 2.99. The zero-order valence-corrected chi connectivity index (χ0v) is 19.8. The standard InChI is InChI=1S/C30H26N3O/c1-19-11-10-12-20(2)26(19)29-31-23-18-17-21(3)27(28(23)34-29)30-32(4)24-15-8-9-16-25(24)33(30)22-13-6-5-7-14-22/h5-18H,1-4H3/q+1. The summed E-state index contributed by atoms with van der Waals surface area (Å²) < 4.78 is 11.2. The summed E-state index contributed by atoms with van der Waals surface area (Å²) in [5, 5.41) is 0. The summed E-state index contributed by atoms with van der Waals surface area (Å²) in [6.45, 7) is 6.36. The van der Waals surface area contributed by atoms with Crippen LogP contribution in [0.4, 0.5) is 0 Å². The Hall–Kier alpha value is -4.18. The normalized spacial score (nSPS) is 11.5. The molecule has 166 valence electrons. The molecular weight excluding hydrogens is 418 g/mol. The molecule has 2 aromatic heterocycles. The highest BCUT2D eigenvalue weighted by molar-refractivity contribution is 5.93. The lowest BCUT2D eigenvalue weighted by Gasteiger charge is -2.07. The van der Waals surface area contributed by atoms with E-state index in [0.29, 0.717) is 5.89 Å². The van der Waals surface area contributed by atoms with Crippen molar-refractivity contribution in [2.45, 2.75) is 20.8 Å². The van der Waals surface area contributed by atoms with Crippen LogP contribution in [0.25, 0.3) is 50.7 Å². The SMILES string of the molecule is Cc1cccc(C)c1-c1nc2ccc(C)c(-c3n(-c4ccccc4)c4ccccc4[n+]3C)c2o1. The molecule has 4 aromatic carbocycles. The van der Waals surface area contributed by atoms with E-state index in [1.165, 1.54) is 0 Å². The lowest BCUT2D eigenvalue weighted by molar-refractivity contribution is -0.633. The fourth-order valence-corrected chi connectivity index (χ4v) is 5.06. The quantitative estimate of drug-likeness (QED) is 0.280. The second kappa shape index (κ2) is 7.70. The van der Waals surface area contributed by atoms with Crippen LogP contribution in [-0.2, 0) is 7.05 Å². The van der Waals surface area contributed by atoms with Crippen molar-refractivity contribution in [1.29, 1.82) is 0 Å². The molecule has 2 heterocycles. The molecule has 4 heteroatoms. The first kappa shape index (κ1) is 20.4. The Morgan fingerprint density at radius 2 is 1.38 bits per heavy atom. The first-order valence-electron chi connectivity index (χ1n) is 11.6. The predicted octanol–water partition coefficient (Wildman–Crippen LogP) is 6.86. The van der Waals surface area contributed by atoms with E-state index in [9.17, 15) is 0 Å². The van der Waals surface area contributed by atoms with Gasteiger partial charge in [0.05, 0.1) is 7.05 Å². The average Bonchev–Trinajstić information content (AvgIpc) is 3.39. The van der Waals surface area contributed by atoms with E-state index in [2.05, 4.69) is 116 Å². The minimum atomic E-state index is 0.669. The number of aryl methyl sites for hydroxylation is 4. The molecule has 6 aromatic rings. The molecule has 0 aliphatic carbocycles. The topological polar surface area (TPSA) is 34.8 Å². The highest BCUT2D eigenvalue weighted by Crippen LogP contribution is 2.37. The average molecular weight is 445 g/mol. The van der Waals surface area contributed by atoms with Gasteiger partial charge >= 0.3 is 0 Å². The Morgan fingerprint density at radius 3 is 2.15 bits per heavy atom. The third-order valence-electron chi connectivity index (χ3n) is 6.71. The maximum Gasteiger partial charge on any atom is 0.299 e. The van der Waals surface area contributed by atoms with Gasteiger partial charge in [0.15, 0.2) is 16.6 Å². The molecule has 0 saturated carbocycles. The highest BCUT2D eigenvalue weighted by Gasteiger charge is 2.30. The zero-order valence-electron chi connectivity index (χ0n) is 19.8. The van der Waals surface area contributed by atoms with Gasteiger partial charge in [-0.15, -0.1) is 0 Å². The number of hydrogen-bond acceptors (Lipinski definition) is 2. The van der Waals surface area contributed by atoms with E-state index < -0.39 is 0 Å². The molecule has 0 atom stereocenters. The summed E-state index contributed by atoms with van der Waals surface area (Å²) >= 11 is 0. The lowest BCUT2D eigenvalue weighted by Crippen LogP contribution is -2.30. The number of benzene rings is 4. The Bertz CT molecular complexity index is 1670. The highest BCUT2D eigenvalue weighted by atomic mass is 16.3. The van der Waals surface area contributed by atoms with Gasteiger partial charge in [-0.2, -0.15) is 4.57 Å². The van der Waals surface area contributed by atoms with E-state index in [1.54, 1.807) is 0 Å². The van der Waals surface area contributed by atoms with Crippen LogP contribution in [0.5, 0.6) is 0 Å². The second-order valence-electron chi connectivity index (χ2n) is 8.93. The summed E-state index contributed by atoms with van der Waals surface area (Å²) in [4.78, 5) is 4.93. The molecule has 0 N–H and O–H groups in total. The van der Waals surface area contributed by atoms with Crippen LogP contribution in [-0.4, -0.2) is 9.55 Å². The molecule has 0 unspecified atom stereocenters. The van der Waals surface area contributed by atoms with Crippen LogP contribution < -0.4 is 4.57 Å². The number of oxazole rings is 1. The van der Waals surface area contributed by atoms with Crippen LogP contribution in [0, 0.1) is 20.8 Å². The summed E-state index contributed by atoms with van der Waals surface area (Å²) in [5.41, 5.74) is 10.7. The zero-order chi connectivity index (χ0) is 23.4. The summed E-state index contributed by atoms with van der Waals surface area (Å²) in [7, 11) is 2.12. The van der Waals surface area contributed by atoms with Gasteiger partial charge in [-0.1, -0.05) is 54.6 Å². The van der Waals surface area contributed by atoms with Gasteiger partial charge in [0.1, 0.15) is 16.8 Å². The Kier molecular flexibility index (Phi) is 4.63. The maximum atomic E-state index is 6.59. The molecular formula is C30H26N3O+. The van der Waals surface area contributed by atoms with Gasteiger partial charge in [-0.05, 0) is 67.8 Å². The molecule has 0 radical (unpaired) electrons. The number of fused-ring (bicyclic) bond motifs is 2. The van der Waals surface area contributed by atoms with E-state index in [-0.39, 0.29) is 0 Å². The smallest absolute Gasteiger partial charge is 0.299 e. The summed E-state index contributed by atoms with van der Waals surface area (Å²) in [6, 6.07) is 29.5. The van der Waals surface area contributed by atoms with Crippen molar-refractivity contribution < 1.29 is 8.98 Å². The minimum absolute atomic E-state index is 0.669. The monoisotopic (exact) mass is 444 g/mol. The van der Waals surface area contributed by atoms with E-state index in [0.717, 1.165) is 61.5 Å². The third-order valence-corrected chi connectivity index (χ3v) is 6.71. The van der Waals surface area contributed by atoms with Crippen molar-refractivity contribution in [2.24, 2.45) is 7.05 Å². The Balaban J connectivity index is 1.72. The van der Waals surface area contributed by atoms with Crippen molar-refractivity contribution in [3.8, 4) is 28.5 Å². The van der Waals surface area contributed by atoms with Crippen molar-refractivity contribution in [3.05, 3.63) is 102 Å². The first-order valence-corrected chi connectivity index (χ1v) is 11.6. The number of nitrogens with zero attached hydrogens (tertiary/aromatic N) is 3. The van der Waals surface area contributed by atoms with E-state index in [1.807, 2.05) is 6.07 Å². The Labute approximate surface area is 198 Å². The number of rotatable bonds is 3. The van der Waals surface area contributed by atoms with E-state index >= 15 is 0 Å². The molecule has 0 aliphatic heterocycles. The molecule has 4 nitrogen and oxygen atoms in total. The fraction of sp³-hybridized carbons (Fsp3) is 0.133. The van der Waals surface area contributed by atoms with Gasteiger partial charge < -0.3 is 4.42 Å². The molecule has 34 heavy (non-hydrogen) atoms. The summed E-state index contributed by atoms with van der Waals surface area (Å²) in [5.74, 6) is 1.74.